The van der Waals surface area contributed by atoms with Gasteiger partial charge in [0.05, 0.1) is 5.52 Å². The molecule has 0 N–H and O–H groups in total. The molecule has 2 aromatic heterocycles. The molecule has 4 nitrogen and oxygen atoms in total. The molecule has 0 radical (unpaired) electrons. The minimum Gasteiger partial charge on any atom is -0.405 e. The topological polar surface area (TPSA) is 43.6 Å². The molecular formula is C17H9BrClF3N2O2. The van der Waals surface area contributed by atoms with Crippen molar-refractivity contribution in [3.05, 3.63) is 62.8 Å². The average molecular weight is 446 g/mol. The number of halogens is 5. The van der Waals surface area contributed by atoms with Gasteiger partial charge in [-0.25, -0.2) is 4.52 Å². The Bertz CT molecular complexity index is 1050. The van der Waals surface area contributed by atoms with Gasteiger partial charge >= 0.3 is 6.36 Å². The number of nitrogens with zero attached hydrogens (tertiary/aromatic N) is 2. The minimum absolute atomic E-state index is 0.0114. The van der Waals surface area contributed by atoms with E-state index in [-0.39, 0.29) is 29.2 Å². The number of hydrogen-bond donors (Lipinski definition) is 0. The van der Waals surface area contributed by atoms with E-state index in [1.165, 1.54) is 16.6 Å². The Balaban J connectivity index is 1.94. The van der Waals surface area contributed by atoms with Crippen LogP contribution in [-0.4, -0.2) is 21.8 Å². The number of ether oxygens (including phenoxy) is 1. The molecule has 1 aliphatic rings. The number of alkyl halides is 3. The van der Waals surface area contributed by atoms with Crippen molar-refractivity contribution < 1.29 is 22.7 Å². The number of aromatic nitrogens is 2. The molecule has 2 heterocycles. The molecule has 1 atom stereocenters. The van der Waals surface area contributed by atoms with Crippen LogP contribution in [0.15, 0.2) is 41.0 Å². The Morgan fingerprint density at radius 3 is 2.77 bits per heavy atom. The predicted octanol–water partition coefficient (Wildman–Crippen LogP) is 5.37. The lowest BCUT2D eigenvalue weighted by Crippen LogP contribution is -2.19. The molecule has 4 rings (SSSR count). The Morgan fingerprint density at radius 2 is 2.04 bits per heavy atom. The van der Waals surface area contributed by atoms with E-state index >= 15 is 0 Å². The molecule has 0 saturated carbocycles. The number of ketones is 1. The second kappa shape index (κ2) is 5.99. The van der Waals surface area contributed by atoms with Gasteiger partial charge in [0.2, 0.25) is 0 Å². The van der Waals surface area contributed by atoms with E-state index in [4.69, 9.17) is 11.6 Å². The first-order chi connectivity index (χ1) is 12.2. The number of carbonyl (C=O) groups is 1. The van der Waals surface area contributed by atoms with Gasteiger partial charge < -0.3 is 4.74 Å². The average Bonchev–Trinajstić information content (AvgIpc) is 3.04. The number of benzene rings is 1. The normalized spacial score (nSPS) is 17.0. The van der Waals surface area contributed by atoms with Crippen molar-refractivity contribution in [1.29, 1.82) is 0 Å². The van der Waals surface area contributed by atoms with E-state index in [2.05, 4.69) is 25.8 Å². The molecule has 0 spiro atoms. The van der Waals surface area contributed by atoms with Crippen LogP contribution in [0.3, 0.4) is 0 Å². The molecule has 9 heteroatoms. The van der Waals surface area contributed by atoms with Crippen LogP contribution >= 0.6 is 27.5 Å². The first-order valence-electron chi connectivity index (χ1n) is 7.50. The highest BCUT2D eigenvalue weighted by Gasteiger charge is 2.40. The summed E-state index contributed by atoms with van der Waals surface area (Å²) in [7, 11) is 0. The van der Waals surface area contributed by atoms with Gasteiger partial charge in [0.1, 0.15) is 11.4 Å². The summed E-state index contributed by atoms with van der Waals surface area (Å²) in [5, 5.41) is 4.70. The Labute approximate surface area is 158 Å². The smallest absolute Gasteiger partial charge is 0.405 e. The largest absolute Gasteiger partial charge is 0.573 e. The van der Waals surface area contributed by atoms with Crippen LogP contribution in [0.5, 0.6) is 5.75 Å². The standard InChI is InChI=1S/C17H9BrClF3N2O2/c18-10-2-1-3-13(26-17(20,21)22)14(10)9-7-12(25)16-15(9)11-6-8(19)4-5-24(11)23-16/h1-6,9H,7H2/t9-/m1/s1. The summed E-state index contributed by atoms with van der Waals surface area (Å²) in [6.45, 7) is 0. The zero-order valence-electron chi connectivity index (χ0n) is 12.8. The summed E-state index contributed by atoms with van der Waals surface area (Å²) >= 11 is 9.34. The summed E-state index contributed by atoms with van der Waals surface area (Å²) in [6, 6.07) is 7.54. The molecule has 0 bridgehead atoms. The highest BCUT2D eigenvalue weighted by Crippen LogP contribution is 2.47. The molecule has 3 aromatic rings. The molecule has 134 valence electrons. The molecule has 1 aromatic carbocycles. The minimum atomic E-state index is -4.84. The van der Waals surface area contributed by atoms with Crippen LogP contribution in [0.1, 0.15) is 34.0 Å². The van der Waals surface area contributed by atoms with Crippen LogP contribution in [0.4, 0.5) is 13.2 Å². The van der Waals surface area contributed by atoms with Crippen molar-refractivity contribution in [1.82, 2.24) is 9.61 Å². The fourth-order valence-corrected chi connectivity index (χ4v) is 4.07. The highest BCUT2D eigenvalue weighted by atomic mass is 79.9. The van der Waals surface area contributed by atoms with Gasteiger partial charge in [0.25, 0.3) is 0 Å². The van der Waals surface area contributed by atoms with E-state index < -0.39 is 12.3 Å². The van der Waals surface area contributed by atoms with Gasteiger partial charge in [-0.05, 0) is 24.3 Å². The van der Waals surface area contributed by atoms with Crippen LogP contribution in [0.25, 0.3) is 5.52 Å². The summed E-state index contributed by atoms with van der Waals surface area (Å²) in [5.74, 6) is -1.21. The second-order valence-corrected chi connectivity index (χ2v) is 7.11. The summed E-state index contributed by atoms with van der Waals surface area (Å²) in [4.78, 5) is 12.4. The van der Waals surface area contributed by atoms with Gasteiger partial charge in [-0.2, -0.15) is 5.10 Å². The molecule has 26 heavy (non-hydrogen) atoms. The first-order valence-corrected chi connectivity index (χ1v) is 8.67. The Morgan fingerprint density at radius 1 is 1.27 bits per heavy atom. The van der Waals surface area contributed by atoms with E-state index in [1.54, 1.807) is 24.4 Å². The van der Waals surface area contributed by atoms with E-state index in [1.807, 2.05) is 0 Å². The van der Waals surface area contributed by atoms with Gasteiger partial charge in [-0.15, -0.1) is 13.2 Å². The zero-order chi connectivity index (χ0) is 18.6. The third-order valence-corrected chi connectivity index (χ3v) is 5.15. The first kappa shape index (κ1) is 17.4. The van der Waals surface area contributed by atoms with Crippen molar-refractivity contribution in [3.8, 4) is 5.75 Å². The fourth-order valence-electron chi connectivity index (χ4n) is 3.29. The van der Waals surface area contributed by atoms with Crippen LogP contribution in [0, 0.1) is 0 Å². The monoisotopic (exact) mass is 444 g/mol. The van der Waals surface area contributed by atoms with Crippen molar-refractivity contribution >= 4 is 38.8 Å². The maximum atomic E-state index is 12.8. The predicted molar refractivity (Wildman–Crippen MR) is 91.8 cm³/mol. The van der Waals surface area contributed by atoms with E-state index in [0.29, 0.717) is 20.6 Å². The quantitative estimate of drug-likeness (QED) is 0.533. The van der Waals surface area contributed by atoms with Gasteiger partial charge in [-0.3, -0.25) is 4.79 Å². The number of carbonyl (C=O) groups excluding carboxylic acids is 1. The van der Waals surface area contributed by atoms with Crippen LogP contribution in [-0.2, 0) is 0 Å². The van der Waals surface area contributed by atoms with E-state index in [9.17, 15) is 18.0 Å². The van der Waals surface area contributed by atoms with Gasteiger partial charge in [0, 0.05) is 39.2 Å². The number of Topliss-reactive ketones (excluding diaryl/α,β-unsaturated/α-hetero) is 1. The maximum absolute atomic E-state index is 12.8. The number of hydrogen-bond acceptors (Lipinski definition) is 3. The molecule has 0 fully saturated rings. The lowest BCUT2D eigenvalue weighted by Gasteiger charge is -2.19. The fraction of sp³-hybridized carbons (Fsp3) is 0.176. The molecule has 1 aliphatic carbocycles. The SMILES string of the molecule is O=C1C[C@H](c2c(Br)cccc2OC(F)(F)F)c2c1nn1ccc(Cl)cc21. The van der Waals surface area contributed by atoms with Crippen LogP contribution in [0.2, 0.25) is 5.02 Å². The summed E-state index contributed by atoms with van der Waals surface area (Å²) in [5.41, 5.74) is 1.63. The Kier molecular flexibility index (Phi) is 4.00. The summed E-state index contributed by atoms with van der Waals surface area (Å²) < 4.78 is 44.6. The molecule has 0 amide bonds. The molecule has 0 saturated heterocycles. The maximum Gasteiger partial charge on any atom is 0.573 e. The molecular weight excluding hydrogens is 437 g/mol. The molecule has 0 unspecified atom stereocenters. The second-order valence-electron chi connectivity index (χ2n) is 5.82. The third-order valence-electron chi connectivity index (χ3n) is 4.22. The van der Waals surface area contributed by atoms with E-state index in [0.717, 1.165) is 0 Å². The number of fused-ring (bicyclic) bond motifs is 3. The number of pyridine rings is 1. The van der Waals surface area contributed by atoms with Gasteiger partial charge in [0.15, 0.2) is 5.78 Å². The lowest BCUT2D eigenvalue weighted by molar-refractivity contribution is -0.274. The lowest BCUT2D eigenvalue weighted by atomic mass is 9.92. The zero-order valence-corrected chi connectivity index (χ0v) is 15.2. The van der Waals surface area contributed by atoms with Crippen molar-refractivity contribution in [3.63, 3.8) is 0 Å². The van der Waals surface area contributed by atoms with Crippen molar-refractivity contribution in [2.24, 2.45) is 0 Å². The summed E-state index contributed by atoms with van der Waals surface area (Å²) in [6.07, 6.45) is -3.23. The Hall–Kier alpha value is -2.06. The van der Waals surface area contributed by atoms with Crippen molar-refractivity contribution in [2.75, 3.05) is 0 Å². The van der Waals surface area contributed by atoms with Crippen LogP contribution < -0.4 is 4.74 Å². The third kappa shape index (κ3) is 2.87. The highest BCUT2D eigenvalue weighted by molar-refractivity contribution is 9.10. The molecule has 0 aliphatic heterocycles. The number of rotatable bonds is 2. The van der Waals surface area contributed by atoms with Gasteiger partial charge in [-0.1, -0.05) is 33.6 Å². The van der Waals surface area contributed by atoms with Crippen molar-refractivity contribution in [2.45, 2.75) is 18.7 Å².